The van der Waals surface area contributed by atoms with E-state index in [0.29, 0.717) is 0 Å². The van der Waals surface area contributed by atoms with Gasteiger partial charge in [-0.25, -0.2) is 0 Å². The third-order valence-electron chi connectivity index (χ3n) is 6.07. The van der Waals surface area contributed by atoms with Gasteiger partial charge in [-0.05, 0) is 29.5 Å². The molecule has 3 aromatic rings. The molecule has 3 rings (SSSR count). The predicted octanol–water partition coefficient (Wildman–Crippen LogP) is 5.97. The SMILES string of the molecule is CCCCCCCC[P+](Cc1ccccc1)(Cc1ccccc1)Cc1ccccc1.[I-]. The molecule has 0 fully saturated rings. The van der Waals surface area contributed by atoms with Crippen molar-refractivity contribution in [1.29, 1.82) is 0 Å². The summed E-state index contributed by atoms with van der Waals surface area (Å²) < 4.78 is 0. The fourth-order valence-electron chi connectivity index (χ4n) is 4.54. The second-order valence-electron chi connectivity index (χ2n) is 8.76. The Bertz CT molecular complexity index is 716. The molecular formula is C29H38IP. The van der Waals surface area contributed by atoms with Crippen LogP contribution in [-0.2, 0) is 18.5 Å². The van der Waals surface area contributed by atoms with Crippen molar-refractivity contribution in [1.82, 2.24) is 0 Å². The van der Waals surface area contributed by atoms with E-state index in [1.165, 1.54) is 79.9 Å². The lowest BCUT2D eigenvalue weighted by Gasteiger charge is -2.29. The van der Waals surface area contributed by atoms with E-state index in [0.717, 1.165) is 0 Å². The average molecular weight is 545 g/mol. The maximum Gasteiger partial charge on any atom is 0.0849 e. The third kappa shape index (κ3) is 9.46. The fourth-order valence-corrected chi connectivity index (χ4v) is 9.20. The smallest absolute Gasteiger partial charge is 0.0849 e. The van der Waals surface area contributed by atoms with Gasteiger partial charge in [-0.1, -0.05) is 124 Å². The molecule has 0 aromatic heterocycles. The van der Waals surface area contributed by atoms with Crippen LogP contribution in [0.4, 0.5) is 0 Å². The summed E-state index contributed by atoms with van der Waals surface area (Å²) in [6, 6.07) is 33.7. The van der Waals surface area contributed by atoms with Crippen LogP contribution in [0, 0.1) is 0 Å². The molecule has 0 nitrogen and oxygen atoms in total. The number of rotatable bonds is 13. The lowest BCUT2D eigenvalue weighted by atomic mass is 10.1. The van der Waals surface area contributed by atoms with Crippen LogP contribution in [0.25, 0.3) is 0 Å². The van der Waals surface area contributed by atoms with Crippen LogP contribution in [0.1, 0.15) is 62.1 Å². The van der Waals surface area contributed by atoms with E-state index in [1.54, 1.807) is 0 Å². The van der Waals surface area contributed by atoms with Crippen molar-refractivity contribution in [3.63, 3.8) is 0 Å². The van der Waals surface area contributed by atoms with Gasteiger partial charge in [0.05, 0.1) is 24.6 Å². The van der Waals surface area contributed by atoms with Crippen molar-refractivity contribution in [2.45, 2.75) is 63.9 Å². The molecule has 0 N–H and O–H groups in total. The normalized spacial score (nSPS) is 11.1. The quantitative estimate of drug-likeness (QED) is 0.141. The standard InChI is InChI=1S/C29H38P.HI/c1-2-3-4-5-6-16-23-30(24-27-17-10-7-11-18-27,25-28-19-12-8-13-20-28)26-29-21-14-9-15-22-29;/h7-15,17-22H,2-6,16,23-26H2,1H3;1H/q+1;/p-1. The molecule has 0 saturated carbocycles. The highest BCUT2D eigenvalue weighted by Gasteiger charge is 2.37. The lowest BCUT2D eigenvalue weighted by molar-refractivity contribution is -0.00000640. The molecule has 0 aliphatic carbocycles. The first-order chi connectivity index (χ1) is 14.8. The Morgan fingerprint density at radius 2 is 0.839 bits per heavy atom. The molecule has 2 heteroatoms. The molecule has 0 aliphatic rings. The topological polar surface area (TPSA) is 0 Å². The molecule has 0 atom stereocenters. The van der Waals surface area contributed by atoms with Gasteiger partial charge in [0.25, 0.3) is 0 Å². The van der Waals surface area contributed by atoms with Gasteiger partial charge in [-0.2, -0.15) is 0 Å². The van der Waals surface area contributed by atoms with E-state index in [2.05, 4.69) is 97.9 Å². The second-order valence-corrected chi connectivity index (χ2v) is 12.8. The van der Waals surface area contributed by atoms with E-state index in [1.807, 2.05) is 0 Å². The first-order valence-electron chi connectivity index (χ1n) is 11.8. The summed E-state index contributed by atoms with van der Waals surface area (Å²) in [6.45, 7) is 2.30. The Labute approximate surface area is 208 Å². The highest BCUT2D eigenvalue weighted by atomic mass is 127. The zero-order valence-electron chi connectivity index (χ0n) is 19.1. The van der Waals surface area contributed by atoms with E-state index in [4.69, 9.17) is 0 Å². The van der Waals surface area contributed by atoms with Crippen molar-refractivity contribution in [3.8, 4) is 0 Å². The maximum atomic E-state index is 2.34. The highest BCUT2D eigenvalue weighted by Crippen LogP contribution is 2.67. The summed E-state index contributed by atoms with van der Waals surface area (Å²) >= 11 is 0. The first kappa shape index (κ1) is 26.1. The van der Waals surface area contributed by atoms with Crippen LogP contribution in [0.3, 0.4) is 0 Å². The molecule has 166 valence electrons. The van der Waals surface area contributed by atoms with Gasteiger partial charge in [0.2, 0.25) is 0 Å². The first-order valence-corrected chi connectivity index (χ1v) is 14.3. The number of benzene rings is 3. The number of hydrogen-bond acceptors (Lipinski definition) is 0. The Balaban J connectivity index is 0.00000341. The average Bonchev–Trinajstić information content (AvgIpc) is 2.78. The van der Waals surface area contributed by atoms with Crippen LogP contribution in [0.15, 0.2) is 91.0 Å². The summed E-state index contributed by atoms with van der Waals surface area (Å²) in [4.78, 5) is 0. The fraction of sp³-hybridized carbons (Fsp3) is 0.379. The molecule has 0 aliphatic heterocycles. The van der Waals surface area contributed by atoms with Crippen molar-refractivity contribution in [2.24, 2.45) is 0 Å². The molecule has 0 heterocycles. The van der Waals surface area contributed by atoms with Crippen molar-refractivity contribution in [3.05, 3.63) is 108 Å². The van der Waals surface area contributed by atoms with Crippen molar-refractivity contribution >= 4 is 7.26 Å². The monoisotopic (exact) mass is 544 g/mol. The Hall–Kier alpha value is -1.18. The minimum absolute atomic E-state index is 0. The molecule has 0 saturated heterocycles. The summed E-state index contributed by atoms with van der Waals surface area (Å²) in [5.74, 6) is 0. The van der Waals surface area contributed by atoms with Gasteiger partial charge >= 0.3 is 0 Å². The molecule has 31 heavy (non-hydrogen) atoms. The second kappa shape index (κ2) is 14.8. The molecule has 3 aromatic carbocycles. The lowest BCUT2D eigenvalue weighted by Crippen LogP contribution is -3.00. The summed E-state index contributed by atoms with van der Waals surface area (Å²) in [7, 11) is -1.22. The van der Waals surface area contributed by atoms with Crippen molar-refractivity contribution in [2.75, 3.05) is 6.16 Å². The van der Waals surface area contributed by atoms with Gasteiger partial charge in [0.15, 0.2) is 0 Å². The zero-order valence-corrected chi connectivity index (χ0v) is 22.1. The minimum atomic E-state index is -1.22. The zero-order chi connectivity index (χ0) is 20.9. The highest BCUT2D eigenvalue weighted by molar-refractivity contribution is 7.73. The van der Waals surface area contributed by atoms with Crippen LogP contribution < -0.4 is 24.0 Å². The van der Waals surface area contributed by atoms with Gasteiger partial charge < -0.3 is 24.0 Å². The van der Waals surface area contributed by atoms with Gasteiger partial charge in [-0.3, -0.25) is 0 Å². The van der Waals surface area contributed by atoms with Gasteiger partial charge in [0.1, 0.15) is 0 Å². The largest absolute Gasteiger partial charge is 1.00 e. The molecule has 0 bridgehead atoms. The number of halogens is 1. The number of hydrogen-bond donors (Lipinski definition) is 0. The van der Waals surface area contributed by atoms with Crippen LogP contribution >= 0.6 is 7.26 Å². The van der Waals surface area contributed by atoms with Gasteiger partial charge in [-0.15, -0.1) is 0 Å². The van der Waals surface area contributed by atoms with E-state index >= 15 is 0 Å². The predicted molar refractivity (Wildman–Crippen MR) is 136 cm³/mol. The van der Waals surface area contributed by atoms with Crippen LogP contribution in [0.5, 0.6) is 0 Å². The number of unbranched alkanes of at least 4 members (excludes halogenated alkanes) is 5. The molecule has 0 unspecified atom stereocenters. The minimum Gasteiger partial charge on any atom is -1.00 e. The third-order valence-corrected chi connectivity index (χ3v) is 10.4. The van der Waals surface area contributed by atoms with E-state index < -0.39 is 7.26 Å². The summed E-state index contributed by atoms with van der Waals surface area (Å²) in [5.41, 5.74) is 4.55. The molecule has 0 radical (unpaired) electrons. The van der Waals surface area contributed by atoms with E-state index in [-0.39, 0.29) is 24.0 Å². The molecule has 0 spiro atoms. The molecular weight excluding hydrogens is 506 g/mol. The Morgan fingerprint density at radius 3 is 1.23 bits per heavy atom. The Kier molecular flexibility index (Phi) is 12.4. The Morgan fingerprint density at radius 1 is 0.484 bits per heavy atom. The van der Waals surface area contributed by atoms with E-state index in [9.17, 15) is 0 Å². The maximum absolute atomic E-state index is 2.34. The summed E-state index contributed by atoms with van der Waals surface area (Å²) in [6.07, 6.45) is 13.5. The van der Waals surface area contributed by atoms with Crippen LogP contribution in [0.2, 0.25) is 0 Å². The summed E-state index contributed by atoms with van der Waals surface area (Å²) in [5, 5.41) is 0. The van der Waals surface area contributed by atoms with Gasteiger partial charge in [0, 0.05) is 7.26 Å². The van der Waals surface area contributed by atoms with Crippen molar-refractivity contribution < 1.29 is 24.0 Å². The van der Waals surface area contributed by atoms with Crippen LogP contribution in [-0.4, -0.2) is 6.16 Å². The molecule has 0 amide bonds.